The molecule has 1 amide bonds. The van der Waals surface area contributed by atoms with Gasteiger partial charge in [-0.15, -0.1) is 0 Å². The Bertz CT molecular complexity index is 187. The number of ether oxygens (including phenoxy) is 1. The summed E-state index contributed by atoms with van der Waals surface area (Å²) < 4.78 is 5.23. The van der Waals surface area contributed by atoms with Crippen LogP contribution < -0.4 is 5.32 Å². The summed E-state index contributed by atoms with van der Waals surface area (Å²) in [4.78, 5) is 13.1. The van der Waals surface area contributed by atoms with Crippen molar-refractivity contribution >= 4 is 6.09 Å². The van der Waals surface area contributed by atoms with E-state index in [1.807, 2.05) is 34.7 Å². The van der Waals surface area contributed by atoms with Crippen LogP contribution in [0.2, 0.25) is 0 Å². The summed E-state index contributed by atoms with van der Waals surface area (Å²) in [5, 5.41) is 3.02. The molecule has 1 N–H and O–H groups in total. The van der Waals surface area contributed by atoms with E-state index in [2.05, 4.69) is 5.32 Å². The van der Waals surface area contributed by atoms with Crippen molar-refractivity contribution in [3.8, 4) is 0 Å². The first-order chi connectivity index (χ1) is 6.28. The Morgan fingerprint density at radius 1 is 1.50 bits per heavy atom. The van der Waals surface area contributed by atoms with Gasteiger partial charge in [0.15, 0.2) is 0 Å². The van der Waals surface area contributed by atoms with Crippen LogP contribution in [0.25, 0.3) is 0 Å². The van der Waals surface area contributed by atoms with Crippen molar-refractivity contribution in [2.75, 3.05) is 20.6 Å². The maximum Gasteiger partial charge on any atom is 0.410 e. The first-order valence-electron chi connectivity index (χ1n) is 4.88. The molecule has 0 aliphatic rings. The highest BCUT2D eigenvalue weighted by Gasteiger charge is 2.22. The Morgan fingerprint density at radius 2 is 2.00 bits per heavy atom. The van der Waals surface area contributed by atoms with Gasteiger partial charge in [0.25, 0.3) is 0 Å². The maximum absolute atomic E-state index is 11.6. The summed E-state index contributed by atoms with van der Waals surface area (Å²) in [5.41, 5.74) is -0.426. The van der Waals surface area contributed by atoms with Gasteiger partial charge in [-0.05, 0) is 34.7 Å². The first-order valence-corrected chi connectivity index (χ1v) is 4.88. The molecule has 0 aromatic carbocycles. The molecule has 0 aliphatic heterocycles. The van der Waals surface area contributed by atoms with E-state index in [1.54, 1.807) is 11.9 Å². The average molecular weight is 202 g/mol. The number of carbonyl (C=O) groups excluding carboxylic acids is 1. The van der Waals surface area contributed by atoms with E-state index in [0.29, 0.717) is 0 Å². The third kappa shape index (κ3) is 5.07. The zero-order valence-electron chi connectivity index (χ0n) is 10.0. The predicted octanol–water partition coefficient (Wildman–Crippen LogP) is 1.46. The normalized spacial score (nSPS) is 13.6. The Kier molecular flexibility index (Phi) is 4.91. The van der Waals surface area contributed by atoms with Gasteiger partial charge >= 0.3 is 6.09 Å². The lowest BCUT2D eigenvalue weighted by Gasteiger charge is -2.28. The molecule has 0 unspecified atom stereocenters. The Hall–Kier alpha value is -0.770. The van der Waals surface area contributed by atoms with Crippen molar-refractivity contribution in [1.29, 1.82) is 0 Å². The van der Waals surface area contributed by atoms with Crippen LogP contribution in [0.5, 0.6) is 0 Å². The lowest BCUT2D eigenvalue weighted by Crippen LogP contribution is -2.43. The number of hydrogen-bond acceptors (Lipinski definition) is 3. The summed E-state index contributed by atoms with van der Waals surface area (Å²) in [7, 11) is 3.61. The fourth-order valence-corrected chi connectivity index (χ4v) is 0.946. The van der Waals surface area contributed by atoms with E-state index >= 15 is 0 Å². The average Bonchev–Trinajstić information content (AvgIpc) is 2.00. The van der Waals surface area contributed by atoms with Crippen LogP contribution in [0.3, 0.4) is 0 Å². The van der Waals surface area contributed by atoms with Gasteiger partial charge in [0.05, 0.1) is 0 Å². The van der Waals surface area contributed by atoms with Crippen molar-refractivity contribution in [2.45, 2.75) is 39.3 Å². The highest BCUT2D eigenvalue weighted by molar-refractivity contribution is 5.68. The van der Waals surface area contributed by atoms with Crippen LogP contribution in [-0.4, -0.2) is 43.3 Å². The van der Waals surface area contributed by atoms with Crippen LogP contribution >= 0.6 is 0 Å². The topological polar surface area (TPSA) is 41.6 Å². The number of likely N-dealkylation sites (N-methyl/N-ethyl adjacent to an activating group) is 2. The van der Waals surface area contributed by atoms with E-state index in [-0.39, 0.29) is 12.1 Å². The highest BCUT2D eigenvalue weighted by Crippen LogP contribution is 2.10. The third-order valence-electron chi connectivity index (χ3n) is 1.84. The molecule has 0 rings (SSSR count). The largest absolute Gasteiger partial charge is 0.444 e. The molecular formula is C10H22N2O2. The molecule has 4 heteroatoms. The molecule has 0 aromatic rings. The van der Waals surface area contributed by atoms with E-state index in [1.165, 1.54) is 0 Å². The van der Waals surface area contributed by atoms with Crippen molar-refractivity contribution < 1.29 is 9.53 Å². The number of amides is 1. The van der Waals surface area contributed by atoms with Crippen molar-refractivity contribution in [3.05, 3.63) is 0 Å². The second-order valence-corrected chi connectivity index (χ2v) is 4.50. The fourth-order valence-electron chi connectivity index (χ4n) is 0.946. The monoisotopic (exact) mass is 202 g/mol. The molecule has 0 bridgehead atoms. The lowest BCUT2D eigenvalue weighted by atomic mass is 10.2. The molecule has 0 aliphatic carbocycles. The molecule has 1 atom stereocenters. The Balaban J connectivity index is 4.12. The van der Waals surface area contributed by atoms with Crippen molar-refractivity contribution in [1.82, 2.24) is 10.2 Å². The van der Waals surface area contributed by atoms with Gasteiger partial charge in [-0.1, -0.05) is 0 Å². The number of nitrogens with one attached hydrogen (secondary N) is 1. The van der Waals surface area contributed by atoms with Gasteiger partial charge in [0.1, 0.15) is 5.60 Å². The zero-order chi connectivity index (χ0) is 11.4. The molecule has 0 fully saturated rings. The molecule has 0 spiro atoms. The molecule has 0 saturated heterocycles. The molecule has 14 heavy (non-hydrogen) atoms. The van der Waals surface area contributed by atoms with Gasteiger partial charge in [-0.2, -0.15) is 0 Å². The smallest absolute Gasteiger partial charge is 0.410 e. The zero-order valence-corrected chi connectivity index (χ0v) is 10.0. The van der Waals surface area contributed by atoms with Crippen LogP contribution in [0.1, 0.15) is 27.7 Å². The van der Waals surface area contributed by atoms with Gasteiger partial charge in [-0.3, -0.25) is 0 Å². The molecule has 0 saturated carbocycles. The number of rotatable bonds is 3. The van der Waals surface area contributed by atoms with Crippen LogP contribution in [0, 0.1) is 0 Å². The number of hydrogen-bond donors (Lipinski definition) is 1. The molecule has 0 heterocycles. The minimum absolute atomic E-state index is 0.134. The highest BCUT2D eigenvalue weighted by atomic mass is 16.6. The van der Waals surface area contributed by atoms with E-state index in [4.69, 9.17) is 4.74 Å². The molecule has 4 nitrogen and oxygen atoms in total. The summed E-state index contributed by atoms with van der Waals surface area (Å²) in [5.74, 6) is 0. The standard InChI is InChI=1S/C10H22N2O2/c1-8(7-11-5)12(6)9(13)14-10(2,3)4/h8,11H,7H2,1-6H3/t8-/m1/s1. The van der Waals surface area contributed by atoms with Crippen LogP contribution in [0.15, 0.2) is 0 Å². The van der Waals surface area contributed by atoms with Crippen molar-refractivity contribution in [3.63, 3.8) is 0 Å². The van der Waals surface area contributed by atoms with Crippen LogP contribution in [0.4, 0.5) is 4.79 Å². The second kappa shape index (κ2) is 5.20. The quantitative estimate of drug-likeness (QED) is 0.753. The van der Waals surface area contributed by atoms with Gasteiger partial charge in [-0.25, -0.2) is 4.79 Å². The molecule has 0 aromatic heterocycles. The van der Waals surface area contributed by atoms with Crippen LogP contribution in [-0.2, 0) is 4.74 Å². The first kappa shape index (κ1) is 13.2. The third-order valence-corrected chi connectivity index (χ3v) is 1.84. The lowest BCUT2D eigenvalue weighted by molar-refractivity contribution is 0.0237. The van der Waals surface area contributed by atoms with E-state index in [9.17, 15) is 4.79 Å². The summed E-state index contributed by atoms with van der Waals surface area (Å²) in [6.07, 6.45) is -0.278. The Morgan fingerprint density at radius 3 is 2.36 bits per heavy atom. The van der Waals surface area contributed by atoms with E-state index in [0.717, 1.165) is 6.54 Å². The van der Waals surface area contributed by atoms with Gasteiger partial charge < -0.3 is 15.0 Å². The molecular weight excluding hydrogens is 180 g/mol. The van der Waals surface area contributed by atoms with E-state index < -0.39 is 5.60 Å². The predicted molar refractivity (Wildman–Crippen MR) is 57.4 cm³/mol. The minimum Gasteiger partial charge on any atom is -0.444 e. The summed E-state index contributed by atoms with van der Waals surface area (Å²) in [6.45, 7) is 8.32. The second-order valence-electron chi connectivity index (χ2n) is 4.50. The van der Waals surface area contributed by atoms with Gasteiger partial charge in [0, 0.05) is 19.6 Å². The number of carbonyl (C=O) groups is 1. The van der Waals surface area contributed by atoms with Crippen molar-refractivity contribution in [2.24, 2.45) is 0 Å². The summed E-state index contributed by atoms with van der Waals surface area (Å²) >= 11 is 0. The molecule has 84 valence electrons. The molecule has 0 radical (unpaired) electrons. The summed E-state index contributed by atoms with van der Waals surface area (Å²) in [6, 6.07) is 0.134. The van der Waals surface area contributed by atoms with Gasteiger partial charge in [0.2, 0.25) is 0 Å². The SMILES string of the molecule is CNC[C@@H](C)N(C)C(=O)OC(C)(C)C. The Labute approximate surface area is 86.6 Å². The maximum atomic E-state index is 11.6. The fraction of sp³-hybridized carbons (Fsp3) is 0.900. The number of nitrogens with zero attached hydrogens (tertiary/aromatic N) is 1. The minimum atomic E-state index is -0.426.